The molecule has 1 unspecified atom stereocenters. The van der Waals surface area contributed by atoms with Crippen molar-refractivity contribution in [2.45, 2.75) is 83.8 Å². The summed E-state index contributed by atoms with van der Waals surface area (Å²) in [4.78, 5) is 0. The molecule has 3 rings (SSSR count). The van der Waals surface area contributed by atoms with Crippen molar-refractivity contribution < 1.29 is 9.47 Å². The van der Waals surface area contributed by atoms with E-state index in [0.717, 1.165) is 42.0 Å². The molecule has 0 saturated heterocycles. The van der Waals surface area contributed by atoms with E-state index < -0.39 is 0 Å². The van der Waals surface area contributed by atoms with Gasteiger partial charge >= 0.3 is 0 Å². The first-order valence-corrected chi connectivity index (χ1v) is 10.5. The van der Waals surface area contributed by atoms with Crippen molar-refractivity contribution in [3.8, 4) is 11.5 Å². The largest absolute Gasteiger partial charge is 0.493 e. The molecule has 1 aromatic carbocycles. The van der Waals surface area contributed by atoms with Crippen molar-refractivity contribution in [3.63, 3.8) is 0 Å². The number of hydrogen-bond donors (Lipinski definition) is 0. The summed E-state index contributed by atoms with van der Waals surface area (Å²) in [6, 6.07) is 6.32. The first-order chi connectivity index (χ1) is 13.2. The van der Waals surface area contributed by atoms with Crippen LogP contribution in [0.2, 0.25) is 0 Å². The third-order valence-electron chi connectivity index (χ3n) is 5.51. The molecule has 2 aromatic rings. The van der Waals surface area contributed by atoms with Gasteiger partial charge in [0.05, 0.1) is 24.9 Å². The Bertz CT molecular complexity index is 707. The van der Waals surface area contributed by atoms with E-state index in [-0.39, 0.29) is 6.04 Å². The van der Waals surface area contributed by atoms with E-state index in [9.17, 15) is 0 Å². The Labute approximate surface area is 163 Å². The van der Waals surface area contributed by atoms with E-state index in [0.29, 0.717) is 6.10 Å². The highest BCUT2D eigenvalue weighted by molar-refractivity contribution is 5.44. The number of aromatic nitrogens is 3. The first-order valence-electron chi connectivity index (χ1n) is 10.5. The fourth-order valence-corrected chi connectivity index (χ4v) is 3.73. The molecular weight excluding hydrogens is 338 g/mol. The van der Waals surface area contributed by atoms with E-state index in [2.05, 4.69) is 42.5 Å². The zero-order valence-electron chi connectivity index (χ0n) is 17.0. The highest BCUT2D eigenvalue weighted by Crippen LogP contribution is 2.34. The number of rotatable bonds is 10. The minimum absolute atomic E-state index is 0.108. The summed E-state index contributed by atoms with van der Waals surface area (Å²) < 4.78 is 13.7. The van der Waals surface area contributed by atoms with Gasteiger partial charge in [-0.05, 0) is 63.1 Å². The standard InChI is InChI=1S/C22H33N3O2/c1-4-5-6-7-10-19-16-25(24-23-19)17(2)18-13-14-21(22(15-18)26-3)27-20-11-8-9-12-20/h13-17,20H,4-12H2,1-3H3. The maximum absolute atomic E-state index is 6.15. The van der Waals surface area contributed by atoms with E-state index in [1.165, 1.54) is 38.5 Å². The molecule has 1 aromatic heterocycles. The lowest BCUT2D eigenvalue weighted by molar-refractivity contribution is 0.200. The number of unbranched alkanes of at least 4 members (excludes halogenated alkanes) is 3. The molecule has 5 nitrogen and oxygen atoms in total. The second-order valence-electron chi connectivity index (χ2n) is 7.61. The summed E-state index contributed by atoms with van der Waals surface area (Å²) in [6.45, 7) is 4.37. The third-order valence-corrected chi connectivity index (χ3v) is 5.51. The summed E-state index contributed by atoms with van der Waals surface area (Å²) in [5.74, 6) is 1.64. The fourth-order valence-electron chi connectivity index (χ4n) is 3.73. The normalized spacial score (nSPS) is 15.8. The maximum atomic E-state index is 6.15. The van der Waals surface area contributed by atoms with Crippen LogP contribution in [0.5, 0.6) is 11.5 Å². The van der Waals surface area contributed by atoms with Crippen LogP contribution in [0.15, 0.2) is 24.4 Å². The molecule has 0 N–H and O–H groups in total. The molecule has 1 fully saturated rings. The fraction of sp³-hybridized carbons (Fsp3) is 0.636. The number of hydrogen-bond acceptors (Lipinski definition) is 4. The van der Waals surface area contributed by atoms with Gasteiger partial charge in [0.2, 0.25) is 0 Å². The Morgan fingerprint density at radius 2 is 1.96 bits per heavy atom. The number of ether oxygens (including phenoxy) is 2. The van der Waals surface area contributed by atoms with Crippen molar-refractivity contribution in [2.75, 3.05) is 7.11 Å². The average Bonchev–Trinajstić information content (AvgIpc) is 3.37. The zero-order chi connectivity index (χ0) is 19.1. The van der Waals surface area contributed by atoms with Crippen molar-refractivity contribution in [1.82, 2.24) is 15.0 Å². The molecule has 0 spiro atoms. The second kappa shape index (κ2) is 9.77. The van der Waals surface area contributed by atoms with Gasteiger partial charge in [0.15, 0.2) is 11.5 Å². The molecule has 0 aliphatic heterocycles. The average molecular weight is 372 g/mol. The second-order valence-corrected chi connectivity index (χ2v) is 7.61. The minimum atomic E-state index is 0.108. The molecule has 0 radical (unpaired) electrons. The van der Waals surface area contributed by atoms with Gasteiger partial charge in [-0.1, -0.05) is 37.5 Å². The van der Waals surface area contributed by atoms with Gasteiger partial charge in [0.25, 0.3) is 0 Å². The lowest BCUT2D eigenvalue weighted by Crippen LogP contribution is -2.12. The van der Waals surface area contributed by atoms with Crippen LogP contribution in [-0.4, -0.2) is 28.2 Å². The van der Waals surface area contributed by atoms with Gasteiger partial charge in [-0.15, -0.1) is 5.10 Å². The summed E-state index contributed by atoms with van der Waals surface area (Å²) in [5, 5.41) is 8.69. The SMILES string of the molecule is CCCCCCc1cn(C(C)c2ccc(OC3CCCC3)c(OC)c2)nn1. The van der Waals surface area contributed by atoms with E-state index >= 15 is 0 Å². The lowest BCUT2D eigenvalue weighted by atomic mass is 10.1. The molecule has 1 aliphatic rings. The van der Waals surface area contributed by atoms with Crippen molar-refractivity contribution in [3.05, 3.63) is 35.7 Å². The zero-order valence-corrected chi connectivity index (χ0v) is 17.0. The van der Waals surface area contributed by atoms with E-state index in [1.807, 2.05) is 10.7 Å². The number of methoxy groups -OCH3 is 1. The molecule has 27 heavy (non-hydrogen) atoms. The Morgan fingerprint density at radius 3 is 2.70 bits per heavy atom. The van der Waals surface area contributed by atoms with E-state index in [4.69, 9.17) is 9.47 Å². The molecule has 1 heterocycles. The van der Waals surface area contributed by atoms with Gasteiger partial charge in [-0.3, -0.25) is 0 Å². The predicted octanol–water partition coefficient (Wildman–Crippen LogP) is 5.34. The van der Waals surface area contributed by atoms with Crippen molar-refractivity contribution in [1.29, 1.82) is 0 Å². The van der Waals surface area contributed by atoms with Crippen LogP contribution in [0.3, 0.4) is 0 Å². The molecule has 0 bridgehead atoms. The third kappa shape index (κ3) is 5.24. The Balaban J connectivity index is 1.65. The molecule has 1 aliphatic carbocycles. The smallest absolute Gasteiger partial charge is 0.161 e. The summed E-state index contributed by atoms with van der Waals surface area (Å²) in [6.07, 6.45) is 13.2. The van der Waals surface area contributed by atoms with Crippen molar-refractivity contribution in [2.24, 2.45) is 0 Å². The highest BCUT2D eigenvalue weighted by Gasteiger charge is 2.19. The topological polar surface area (TPSA) is 49.2 Å². The molecule has 5 heteroatoms. The predicted molar refractivity (Wildman–Crippen MR) is 108 cm³/mol. The van der Waals surface area contributed by atoms with Gasteiger partial charge in [0, 0.05) is 6.20 Å². The summed E-state index contributed by atoms with van der Waals surface area (Å²) in [7, 11) is 1.70. The Kier molecular flexibility index (Phi) is 7.13. The van der Waals surface area contributed by atoms with Crippen LogP contribution < -0.4 is 9.47 Å². The van der Waals surface area contributed by atoms with Gasteiger partial charge < -0.3 is 9.47 Å². The molecule has 148 valence electrons. The lowest BCUT2D eigenvalue weighted by Gasteiger charge is -2.18. The first kappa shape index (κ1) is 19.7. The van der Waals surface area contributed by atoms with Crippen LogP contribution in [0.25, 0.3) is 0 Å². The van der Waals surface area contributed by atoms with Crippen molar-refractivity contribution >= 4 is 0 Å². The Hall–Kier alpha value is -2.04. The van der Waals surface area contributed by atoms with Crippen LogP contribution in [0, 0.1) is 0 Å². The Morgan fingerprint density at radius 1 is 1.15 bits per heavy atom. The van der Waals surface area contributed by atoms with E-state index in [1.54, 1.807) is 7.11 Å². The maximum Gasteiger partial charge on any atom is 0.161 e. The summed E-state index contributed by atoms with van der Waals surface area (Å²) >= 11 is 0. The van der Waals surface area contributed by atoms with Crippen LogP contribution >= 0.6 is 0 Å². The van der Waals surface area contributed by atoms with Gasteiger partial charge in [0.1, 0.15) is 0 Å². The monoisotopic (exact) mass is 371 g/mol. The van der Waals surface area contributed by atoms with Crippen LogP contribution in [-0.2, 0) is 6.42 Å². The van der Waals surface area contributed by atoms with Gasteiger partial charge in [-0.25, -0.2) is 4.68 Å². The van der Waals surface area contributed by atoms with Crippen LogP contribution in [0.1, 0.15) is 82.5 Å². The quantitative estimate of drug-likeness (QED) is 0.529. The van der Waals surface area contributed by atoms with Crippen LogP contribution in [0.4, 0.5) is 0 Å². The highest BCUT2D eigenvalue weighted by atomic mass is 16.5. The number of nitrogens with zero attached hydrogens (tertiary/aromatic N) is 3. The van der Waals surface area contributed by atoms with Gasteiger partial charge in [-0.2, -0.15) is 0 Å². The molecular formula is C22H33N3O2. The number of benzene rings is 1. The summed E-state index contributed by atoms with van der Waals surface area (Å²) in [5.41, 5.74) is 2.22. The minimum Gasteiger partial charge on any atom is -0.493 e. The molecule has 1 saturated carbocycles. The molecule has 0 amide bonds. The number of aryl methyl sites for hydroxylation is 1. The molecule has 1 atom stereocenters.